The zero-order valence-corrected chi connectivity index (χ0v) is 18.3. The van der Waals surface area contributed by atoms with Crippen LogP contribution in [0.15, 0.2) is 54.6 Å². The number of carbonyl (C=O) groups excluding carboxylic acids is 3. The van der Waals surface area contributed by atoms with Gasteiger partial charge in [-0.3, -0.25) is 14.4 Å². The number of nitrogens with one attached hydrogen (secondary N) is 2. The van der Waals surface area contributed by atoms with Crippen LogP contribution < -0.4 is 15.4 Å². The van der Waals surface area contributed by atoms with Crippen molar-refractivity contribution in [2.45, 2.75) is 32.4 Å². The lowest BCUT2D eigenvalue weighted by atomic mass is 9.92. The summed E-state index contributed by atoms with van der Waals surface area (Å²) >= 11 is 0. The molecule has 0 aliphatic carbocycles. The number of rotatable bonds is 11. The minimum atomic E-state index is -1.21. The van der Waals surface area contributed by atoms with Crippen LogP contribution in [0.5, 0.6) is 5.75 Å². The van der Waals surface area contributed by atoms with Crippen LogP contribution in [-0.2, 0) is 19.2 Å². The van der Waals surface area contributed by atoms with Crippen LogP contribution in [-0.4, -0.2) is 55.1 Å². The minimum Gasteiger partial charge on any atom is -0.483 e. The van der Waals surface area contributed by atoms with E-state index in [9.17, 15) is 19.2 Å². The topological polar surface area (TPSA) is 122 Å². The molecule has 2 rings (SSSR count). The molecule has 32 heavy (non-hydrogen) atoms. The number of carboxylic acids is 1. The molecule has 0 fully saturated rings. The summed E-state index contributed by atoms with van der Waals surface area (Å²) in [6, 6.07) is 14.8. The summed E-state index contributed by atoms with van der Waals surface area (Å²) in [6.45, 7) is 3.15. The van der Waals surface area contributed by atoms with Crippen molar-refractivity contribution in [3.8, 4) is 16.9 Å². The summed E-state index contributed by atoms with van der Waals surface area (Å²) in [6.07, 6.45) is -0.529. The number of ether oxygens (including phenoxy) is 1. The fourth-order valence-electron chi connectivity index (χ4n) is 3.07. The third-order valence-corrected chi connectivity index (χ3v) is 4.78. The first-order valence-electron chi connectivity index (χ1n) is 10.3. The van der Waals surface area contributed by atoms with Crippen molar-refractivity contribution < 1.29 is 29.0 Å². The Hall–Kier alpha value is -3.62. The van der Waals surface area contributed by atoms with Crippen molar-refractivity contribution in [1.29, 1.82) is 0 Å². The molecule has 0 saturated heterocycles. The molecule has 0 saturated carbocycles. The molecule has 0 spiro atoms. The lowest BCUT2D eigenvalue weighted by molar-refractivity contribution is -0.139. The number of carboxylic acid groups (broad SMARTS) is 1. The number of aliphatic carboxylic acids is 1. The third-order valence-electron chi connectivity index (χ3n) is 4.78. The smallest absolute Gasteiger partial charge is 0.305 e. The second kappa shape index (κ2) is 11.7. The minimum absolute atomic E-state index is 0.298. The number of benzene rings is 2. The number of amides is 2. The molecule has 0 bridgehead atoms. The molecule has 2 aromatic rings. The first-order chi connectivity index (χ1) is 15.2. The van der Waals surface area contributed by atoms with Gasteiger partial charge in [-0.05, 0) is 17.5 Å². The van der Waals surface area contributed by atoms with Crippen molar-refractivity contribution >= 4 is 31.3 Å². The number of hydrogen-bond acceptors (Lipinski definition) is 5. The van der Waals surface area contributed by atoms with E-state index in [4.69, 9.17) is 9.84 Å². The highest BCUT2D eigenvalue weighted by molar-refractivity contribution is 6.59. The van der Waals surface area contributed by atoms with E-state index in [-0.39, 0.29) is 12.5 Å². The summed E-state index contributed by atoms with van der Waals surface area (Å²) in [4.78, 5) is 47.7. The first kappa shape index (κ1) is 24.7. The van der Waals surface area contributed by atoms with Crippen LogP contribution in [0.1, 0.15) is 20.3 Å². The fourth-order valence-corrected chi connectivity index (χ4v) is 3.07. The van der Waals surface area contributed by atoms with Gasteiger partial charge >= 0.3 is 5.97 Å². The molecule has 9 heteroatoms. The van der Waals surface area contributed by atoms with Gasteiger partial charge in [-0.2, -0.15) is 0 Å². The molecule has 0 aliphatic rings. The largest absolute Gasteiger partial charge is 0.483 e. The van der Waals surface area contributed by atoms with Crippen LogP contribution in [0.25, 0.3) is 11.1 Å². The van der Waals surface area contributed by atoms with Gasteiger partial charge in [0.25, 0.3) is 5.91 Å². The van der Waals surface area contributed by atoms with Gasteiger partial charge in [0, 0.05) is 5.56 Å². The lowest BCUT2D eigenvalue weighted by Gasteiger charge is -2.24. The van der Waals surface area contributed by atoms with Crippen molar-refractivity contribution in [3.63, 3.8) is 0 Å². The Morgan fingerprint density at radius 1 is 0.969 bits per heavy atom. The Morgan fingerprint density at radius 3 is 2.19 bits per heavy atom. The Balaban J connectivity index is 2.03. The second-order valence-electron chi connectivity index (χ2n) is 7.71. The average molecular weight is 438 g/mol. The Morgan fingerprint density at radius 2 is 1.59 bits per heavy atom. The van der Waals surface area contributed by atoms with Gasteiger partial charge < -0.3 is 25.3 Å². The maximum absolute atomic E-state index is 12.6. The zero-order valence-electron chi connectivity index (χ0n) is 18.3. The normalized spacial score (nSPS) is 12.5. The molecule has 0 aliphatic heterocycles. The van der Waals surface area contributed by atoms with Crippen LogP contribution in [0.3, 0.4) is 0 Å². The van der Waals surface area contributed by atoms with Gasteiger partial charge in [-0.1, -0.05) is 62.4 Å². The fraction of sp³-hybridized carbons (Fsp3) is 0.304. The van der Waals surface area contributed by atoms with E-state index in [1.54, 1.807) is 26.0 Å². The van der Waals surface area contributed by atoms with Gasteiger partial charge in [-0.15, -0.1) is 0 Å². The molecule has 2 atom stereocenters. The van der Waals surface area contributed by atoms with E-state index in [1.165, 1.54) is 7.85 Å². The molecule has 8 nitrogen and oxygen atoms in total. The SMILES string of the molecule is BC(=O)[C@H](CC(=O)O)NC(=O)[C@@H](NC(=O)COc1ccccc1-c1ccccc1)C(C)C. The Labute approximate surface area is 187 Å². The van der Waals surface area contributed by atoms with E-state index in [2.05, 4.69) is 10.6 Å². The molecule has 2 amide bonds. The van der Waals surface area contributed by atoms with E-state index in [0.717, 1.165) is 11.1 Å². The monoisotopic (exact) mass is 438 g/mol. The predicted octanol–water partition coefficient (Wildman–Crippen LogP) is 0.992. The highest BCUT2D eigenvalue weighted by Crippen LogP contribution is 2.29. The summed E-state index contributed by atoms with van der Waals surface area (Å²) in [7, 11) is 1.20. The molecule has 2 aromatic carbocycles. The van der Waals surface area contributed by atoms with Gasteiger partial charge in [0.05, 0.1) is 12.5 Å². The van der Waals surface area contributed by atoms with E-state index >= 15 is 0 Å². The maximum Gasteiger partial charge on any atom is 0.305 e. The van der Waals surface area contributed by atoms with Gasteiger partial charge in [0.15, 0.2) is 14.5 Å². The third kappa shape index (κ3) is 7.26. The van der Waals surface area contributed by atoms with Crippen LogP contribution >= 0.6 is 0 Å². The molecule has 168 valence electrons. The lowest BCUT2D eigenvalue weighted by Crippen LogP contribution is -2.54. The first-order valence-corrected chi connectivity index (χ1v) is 10.3. The van der Waals surface area contributed by atoms with Gasteiger partial charge in [0.1, 0.15) is 17.5 Å². The maximum atomic E-state index is 12.6. The van der Waals surface area contributed by atoms with Crippen LogP contribution in [0.4, 0.5) is 0 Å². The summed E-state index contributed by atoms with van der Waals surface area (Å²) in [5.41, 5.74) is 1.30. The second-order valence-corrected chi connectivity index (χ2v) is 7.71. The summed E-state index contributed by atoms with van der Waals surface area (Å²) < 4.78 is 5.71. The number of carbonyl (C=O) groups is 4. The highest BCUT2D eigenvalue weighted by atomic mass is 16.5. The van der Waals surface area contributed by atoms with Gasteiger partial charge in [-0.25, -0.2) is 0 Å². The van der Waals surface area contributed by atoms with E-state index in [1.807, 2.05) is 42.5 Å². The van der Waals surface area contributed by atoms with Crippen LogP contribution in [0, 0.1) is 5.92 Å². The van der Waals surface area contributed by atoms with Crippen molar-refractivity contribution in [3.05, 3.63) is 54.6 Å². The molecule has 0 radical (unpaired) electrons. The standard InChI is InChI=1S/C23H27BN2O6/c1-14(2)21(23(31)25-17(22(24)30)12-20(28)29)26-19(27)13-32-18-11-7-6-10-16(18)15-8-4-3-5-9-15/h3-11,14,17,21H,12-13,24H2,1-2H3,(H,25,31)(H,26,27)(H,28,29)/t17-,21-/m0/s1. The quantitative estimate of drug-likeness (QED) is 0.450. The molecular formula is C23H27BN2O6. The summed E-state index contributed by atoms with van der Waals surface area (Å²) in [5, 5.41) is 14.0. The molecule has 0 aromatic heterocycles. The zero-order chi connectivity index (χ0) is 23.7. The van der Waals surface area contributed by atoms with E-state index < -0.39 is 42.0 Å². The predicted molar refractivity (Wildman–Crippen MR) is 122 cm³/mol. The van der Waals surface area contributed by atoms with Crippen LogP contribution in [0.2, 0.25) is 0 Å². The Bertz CT molecular complexity index is 964. The number of para-hydroxylation sites is 1. The molecule has 3 N–H and O–H groups in total. The molecule has 0 unspecified atom stereocenters. The highest BCUT2D eigenvalue weighted by Gasteiger charge is 2.28. The van der Waals surface area contributed by atoms with Gasteiger partial charge in [0.2, 0.25) is 5.91 Å². The average Bonchev–Trinajstić information content (AvgIpc) is 2.75. The molecule has 0 heterocycles. The van der Waals surface area contributed by atoms with E-state index in [0.29, 0.717) is 5.75 Å². The molecular weight excluding hydrogens is 411 g/mol. The van der Waals surface area contributed by atoms with Crippen molar-refractivity contribution in [1.82, 2.24) is 10.6 Å². The Kier molecular flexibility index (Phi) is 9.01. The van der Waals surface area contributed by atoms with Crippen molar-refractivity contribution in [2.24, 2.45) is 5.92 Å². The summed E-state index contributed by atoms with van der Waals surface area (Å²) in [5.74, 6) is -2.12. The van der Waals surface area contributed by atoms with Crippen molar-refractivity contribution in [2.75, 3.05) is 6.61 Å². The number of hydrogen-bond donors (Lipinski definition) is 3.